The largest absolute Gasteiger partial charge is 0.497 e. The average Bonchev–Trinajstić information content (AvgIpc) is 2.95. The van der Waals surface area contributed by atoms with E-state index in [1.54, 1.807) is 31.4 Å². The second-order valence-corrected chi connectivity index (χ2v) is 5.43. The van der Waals surface area contributed by atoms with Crippen LogP contribution in [0.15, 0.2) is 24.3 Å². The first kappa shape index (κ1) is 13.6. The van der Waals surface area contributed by atoms with Crippen molar-refractivity contribution in [2.45, 2.75) is 24.3 Å². The number of hydrogen-bond donors (Lipinski definition) is 1. The summed E-state index contributed by atoms with van der Waals surface area (Å²) in [6, 6.07) is 7.06. The lowest BCUT2D eigenvalue weighted by Gasteiger charge is -2.26. The highest BCUT2D eigenvalue weighted by Crippen LogP contribution is 2.43. The molecule has 0 aromatic heterocycles. The predicted octanol–water partition coefficient (Wildman–Crippen LogP) is 0.426. The number of benzene rings is 1. The number of likely N-dealkylation sites (N-methyl/N-ethyl adjacent to an activating group) is 1. The fourth-order valence-electron chi connectivity index (χ4n) is 3.24. The molecule has 2 saturated heterocycles. The molecule has 3 rings (SSSR count). The highest BCUT2D eigenvalue weighted by molar-refractivity contribution is 6.14. The number of ether oxygens (including phenoxy) is 1. The highest BCUT2D eigenvalue weighted by Gasteiger charge is 2.61. The summed E-state index contributed by atoms with van der Waals surface area (Å²) in [5.74, 6) is -0.917. The van der Waals surface area contributed by atoms with Crippen LogP contribution in [0.2, 0.25) is 0 Å². The van der Waals surface area contributed by atoms with E-state index in [0.717, 1.165) is 4.90 Å². The first-order valence-corrected chi connectivity index (χ1v) is 6.76. The number of carbonyl (C=O) groups excluding carboxylic acids is 3. The molecule has 110 valence electrons. The number of imide groups is 1. The Morgan fingerprint density at radius 1 is 1.33 bits per heavy atom. The third kappa shape index (κ3) is 1.82. The predicted molar refractivity (Wildman–Crippen MR) is 73.6 cm³/mol. The maximum absolute atomic E-state index is 12.5. The van der Waals surface area contributed by atoms with Crippen molar-refractivity contribution in [1.29, 1.82) is 0 Å². The van der Waals surface area contributed by atoms with Gasteiger partial charge in [0.1, 0.15) is 11.3 Å². The Balaban J connectivity index is 2.11. The maximum atomic E-state index is 12.5. The van der Waals surface area contributed by atoms with Crippen molar-refractivity contribution in [1.82, 2.24) is 10.2 Å². The van der Waals surface area contributed by atoms with Gasteiger partial charge in [0.05, 0.1) is 13.0 Å². The van der Waals surface area contributed by atoms with Crippen LogP contribution in [0.3, 0.4) is 0 Å². The van der Waals surface area contributed by atoms with E-state index in [9.17, 15) is 14.4 Å². The van der Waals surface area contributed by atoms with Gasteiger partial charge in [-0.15, -0.1) is 0 Å². The van der Waals surface area contributed by atoms with Crippen molar-refractivity contribution >= 4 is 17.7 Å². The van der Waals surface area contributed by atoms with E-state index >= 15 is 0 Å². The zero-order valence-corrected chi connectivity index (χ0v) is 11.9. The van der Waals surface area contributed by atoms with Gasteiger partial charge >= 0.3 is 0 Å². The monoisotopic (exact) mass is 288 g/mol. The van der Waals surface area contributed by atoms with Crippen LogP contribution in [0.1, 0.15) is 24.3 Å². The standard InChI is InChI=1S/C15H16N2O4/c1-17-13(19)12(9-4-3-5-10(8-9)21-2)15(14(17)20)7-6-11(18)16-15/h3-5,8,12H,6-7H2,1-2H3,(H,16,18)/t12-,15-/m0/s1. The third-order valence-electron chi connectivity index (χ3n) is 4.29. The van der Waals surface area contributed by atoms with E-state index in [1.165, 1.54) is 7.05 Å². The second kappa shape index (κ2) is 4.58. The first-order valence-electron chi connectivity index (χ1n) is 6.76. The van der Waals surface area contributed by atoms with Gasteiger partial charge in [-0.25, -0.2) is 0 Å². The summed E-state index contributed by atoms with van der Waals surface area (Å²) in [6.45, 7) is 0. The van der Waals surface area contributed by atoms with E-state index in [2.05, 4.69) is 5.32 Å². The number of nitrogens with one attached hydrogen (secondary N) is 1. The molecule has 2 atom stereocenters. The van der Waals surface area contributed by atoms with Gasteiger partial charge in [-0.3, -0.25) is 19.3 Å². The number of amides is 3. The average molecular weight is 288 g/mol. The van der Waals surface area contributed by atoms with E-state index in [0.29, 0.717) is 17.7 Å². The molecule has 2 aliphatic rings. The van der Waals surface area contributed by atoms with Gasteiger partial charge in [0.2, 0.25) is 11.8 Å². The molecule has 1 spiro atoms. The quantitative estimate of drug-likeness (QED) is 0.801. The van der Waals surface area contributed by atoms with E-state index in [-0.39, 0.29) is 24.1 Å². The minimum atomic E-state index is -1.14. The van der Waals surface area contributed by atoms with Gasteiger partial charge < -0.3 is 10.1 Å². The molecule has 6 heteroatoms. The number of hydrogen-bond acceptors (Lipinski definition) is 4. The molecule has 0 bridgehead atoms. The van der Waals surface area contributed by atoms with Gasteiger partial charge in [-0.2, -0.15) is 0 Å². The molecule has 2 fully saturated rings. The van der Waals surface area contributed by atoms with Crippen molar-refractivity contribution < 1.29 is 19.1 Å². The lowest BCUT2D eigenvalue weighted by atomic mass is 9.80. The molecule has 1 aromatic carbocycles. The normalized spacial score (nSPS) is 28.4. The van der Waals surface area contributed by atoms with Crippen LogP contribution in [-0.2, 0) is 14.4 Å². The minimum Gasteiger partial charge on any atom is -0.497 e. The molecular weight excluding hydrogens is 272 g/mol. The zero-order valence-electron chi connectivity index (χ0n) is 11.9. The number of methoxy groups -OCH3 is 1. The SMILES string of the molecule is COc1cccc([C@H]2C(=O)N(C)C(=O)[C@]23CCC(=O)N3)c1. The van der Waals surface area contributed by atoms with Crippen molar-refractivity contribution in [2.75, 3.05) is 14.2 Å². The summed E-state index contributed by atoms with van der Waals surface area (Å²) in [7, 11) is 3.00. The molecule has 6 nitrogen and oxygen atoms in total. The molecule has 0 aliphatic carbocycles. The molecule has 2 aliphatic heterocycles. The lowest BCUT2D eigenvalue weighted by Crippen LogP contribution is -2.51. The molecule has 1 aromatic rings. The molecule has 21 heavy (non-hydrogen) atoms. The summed E-state index contributed by atoms with van der Waals surface area (Å²) in [6.07, 6.45) is 0.593. The van der Waals surface area contributed by atoms with Crippen molar-refractivity contribution in [3.63, 3.8) is 0 Å². The zero-order chi connectivity index (χ0) is 15.2. The van der Waals surface area contributed by atoms with E-state index in [4.69, 9.17) is 4.74 Å². The van der Waals surface area contributed by atoms with Crippen LogP contribution in [0.4, 0.5) is 0 Å². The number of likely N-dealkylation sites (tertiary alicyclic amines) is 1. The Kier molecular flexibility index (Phi) is 2.97. The molecule has 2 heterocycles. The van der Waals surface area contributed by atoms with Gasteiger partial charge in [-0.1, -0.05) is 12.1 Å². The van der Waals surface area contributed by atoms with Crippen LogP contribution in [0.5, 0.6) is 5.75 Å². The molecule has 0 saturated carbocycles. The van der Waals surface area contributed by atoms with Gasteiger partial charge in [0.15, 0.2) is 0 Å². The molecule has 1 N–H and O–H groups in total. The fraction of sp³-hybridized carbons (Fsp3) is 0.400. The Morgan fingerprint density at radius 3 is 2.71 bits per heavy atom. The Hall–Kier alpha value is -2.37. The Morgan fingerprint density at radius 2 is 2.10 bits per heavy atom. The maximum Gasteiger partial charge on any atom is 0.255 e. The molecule has 0 unspecified atom stereocenters. The van der Waals surface area contributed by atoms with E-state index in [1.807, 2.05) is 0 Å². The summed E-state index contributed by atoms with van der Waals surface area (Å²) in [5, 5.41) is 2.73. The molecule has 3 amide bonds. The number of carbonyl (C=O) groups is 3. The first-order chi connectivity index (χ1) is 9.99. The van der Waals surface area contributed by atoms with Crippen LogP contribution >= 0.6 is 0 Å². The van der Waals surface area contributed by atoms with Gasteiger partial charge in [-0.05, 0) is 24.1 Å². The molecule has 0 radical (unpaired) electrons. The van der Waals surface area contributed by atoms with Crippen molar-refractivity contribution in [3.8, 4) is 5.75 Å². The second-order valence-electron chi connectivity index (χ2n) is 5.43. The van der Waals surface area contributed by atoms with Crippen LogP contribution in [0, 0.1) is 0 Å². The topological polar surface area (TPSA) is 75.7 Å². The summed E-state index contributed by atoms with van der Waals surface area (Å²) >= 11 is 0. The Labute approximate surface area is 122 Å². The van der Waals surface area contributed by atoms with Crippen LogP contribution in [0.25, 0.3) is 0 Å². The Bertz CT molecular complexity index is 642. The van der Waals surface area contributed by atoms with Gasteiger partial charge in [0, 0.05) is 13.5 Å². The smallest absolute Gasteiger partial charge is 0.255 e. The highest BCUT2D eigenvalue weighted by atomic mass is 16.5. The number of rotatable bonds is 2. The fourth-order valence-corrected chi connectivity index (χ4v) is 3.24. The van der Waals surface area contributed by atoms with Crippen LogP contribution < -0.4 is 10.1 Å². The van der Waals surface area contributed by atoms with Crippen LogP contribution in [-0.4, -0.2) is 42.3 Å². The third-order valence-corrected chi connectivity index (χ3v) is 4.29. The minimum absolute atomic E-state index is 0.195. The van der Waals surface area contributed by atoms with Crippen molar-refractivity contribution in [3.05, 3.63) is 29.8 Å². The summed E-state index contributed by atoms with van der Waals surface area (Å²) in [4.78, 5) is 37.7. The van der Waals surface area contributed by atoms with Crippen molar-refractivity contribution in [2.24, 2.45) is 0 Å². The summed E-state index contributed by atoms with van der Waals surface area (Å²) < 4.78 is 5.18. The number of nitrogens with zero attached hydrogens (tertiary/aromatic N) is 1. The van der Waals surface area contributed by atoms with E-state index < -0.39 is 11.5 Å². The molecular formula is C15H16N2O4. The van der Waals surface area contributed by atoms with Gasteiger partial charge in [0.25, 0.3) is 5.91 Å². The lowest BCUT2D eigenvalue weighted by molar-refractivity contribution is -0.139. The summed E-state index contributed by atoms with van der Waals surface area (Å²) in [5.41, 5.74) is -0.464.